The van der Waals surface area contributed by atoms with E-state index in [4.69, 9.17) is 4.42 Å². The van der Waals surface area contributed by atoms with E-state index in [1.807, 2.05) is 6.92 Å². The molecule has 7 heteroatoms. The highest BCUT2D eigenvalue weighted by Crippen LogP contribution is 2.21. The van der Waals surface area contributed by atoms with Gasteiger partial charge in [-0.2, -0.15) is 4.99 Å². The second-order valence-corrected chi connectivity index (χ2v) is 7.03. The first-order chi connectivity index (χ1) is 13.1. The van der Waals surface area contributed by atoms with Gasteiger partial charge >= 0.3 is 5.63 Å². The van der Waals surface area contributed by atoms with Gasteiger partial charge in [-0.1, -0.05) is 42.5 Å². The van der Waals surface area contributed by atoms with Crippen molar-refractivity contribution in [2.45, 2.75) is 19.9 Å². The number of carbonyl (C=O) groups is 1. The molecule has 0 aliphatic carbocycles. The Morgan fingerprint density at radius 1 is 1.22 bits per heavy atom. The number of para-hydroxylation sites is 2. The number of halogens is 1. The van der Waals surface area contributed by atoms with Crippen molar-refractivity contribution < 1.29 is 13.6 Å². The number of amides is 1. The van der Waals surface area contributed by atoms with Gasteiger partial charge in [-0.3, -0.25) is 4.79 Å². The monoisotopic (exact) mass is 382 g/mol. The van der Waals surface area contributed by atoms with E-state index in [9.17, 15) is 14.0 Å². The van der Waals surface area contributed by atoms with Crippen molar-refractivity contribution in [1.82, 2.24) is 4.57 Å². The van der Waals surface area contributed by atoms with Crippen molar-refractivity contribution >= 4 is 38.4 Å². The van der Waals surface area contributed by atoms with E-state index in [0.29, 0.717) is 32.5 Å². The number of benzene rings is 2. The fourth-order valence-electron chi connectivity index (χ4n) is 2.96. The lowest BCUT2D eigenvalue weighted by Gasteiger charge is -2.03. The Morgan fingerprint density at radius 2 is 2.04 bits per heavy atom. The molecule has 5 nitrogen and oxygen atoms in total. The summed E-state index contributed by atoms with van der Waals surface area (Å²) in [5, 5.41) is 0.638. The summed E-state index contributed by atoms with van der Waals surface area (Å²) in [5.41, 5.74) is -0.0584. The molecule has 0 bridgehead atoms. The van der Waals surface area contributed by atoms with Crippen LogP contribution < -0.4 is 10.4 Å². The smallest absolute Gasteiger partial charge is 0.349 e. The molecule has 0 aliphatic heterocycles. The van der Waals surface area contributed by atoms with Crippen LogP contribution in [0.1, 0.15) is 23.7 Å². The first kappa shape index (κ1) is 17.4. The zero-order chi connectivity index (χ0) is 19.0. The van der Waals surface area contributed by atoms with Gasteiger partial charge in [0.1, 0.15) is 17.0 Å². The molecular formula is C20H15FN2O3S. The molecular weight excluding hydrogens is 367 g/mol. The topological polar surface area (TPSA) is 64.6 Å². The summed E-state index contributed by atoms with van der Waals surface area (Å²) in [7, 11) is 0. The zero-order valence-corrected chi connectivity index (χ0v) is 15.3. The minimum Gasteiger partial charge on any atom is -0.422 e. The Labute approximate surface area is 157 Å². The number of aryl methyl sites for hydroxylation is 1. The molecule has 0 atom stereocenters. The highest BCUT2D eigenvalue weighted by molar-refractivity contribution is 7.16. The molecule has 4 aromatic rings. The Kier molecular flexibility index (Phi) is 4.45. The summed E-state index contributed by atoms with van der Waals surface area (Å²) in [6.45, 7) is 2.47. The molecule has 0 unspecified atom stereocenters. The summed E-state index contributed by atoms with van der Waals surface area (Å²) >= 11 is 1.21. The average molecular weight is 382 g/mol. The maximum absolute atomic E-state index is 14.3. The fourth-order valence-corrected chi connectivity index (χ4v) is 4.03. The third-order valence-corrected chi connectivity index (χ3v) is 5.21. The van der Waals surface area contributed by atoms with Gasteiger partial charge in [0.15, 0.2) is 4.80 Å². The molecule has 27 heavy (non-hydrogen) atoms. The standard InChI is InChI=1S/C20H15FN2O3S/c1-2-10-23-17-14(21)7-5-9-16(17)27-20(23)22-18(24)13-11-12-6-3-4-8-15(12)26-19(13)25/h3-9,11H,2,10H2,1H3. The molecule has 0 fully saturated rings. The molecule has 4 rings (SSSR count). The molecule has 2 aromatic carbocycles. The SMILES string of the molecule is CCCn1c(=NC(=O)c2cc3ccccc3oc2=O)sc2cccc(F)c21. The van der Waals surface area contributed by atoms with Crippen LogP contribution in [0.5, 0.6) is 0 Å². The number of nitrogens with zero attached hydrogens (tertiary/aromatic N) is 2. The lowest BCUT2D eigenvalue weighted by Crippen LogP contribution is -2.20. The van der Waals surface area contributed by atoms with Crippen molar-refractivity contribution in [3.8, 4) is 0 Å². The Balaban J connectivity index is 1.90. The summed E-state index contributed by atoms with van der Waals surface area (Å²) in [6.07, 6.45) is 0.750. The van der Waals surface area contributed by atoms with Crippen LogP contribution in [0.3, 0.4) is 0 Å². The predicted octanol–water partition coefficient (Wildman–Crippen LogP) is 4.10. The molecule has 2 heterocycles. The van der Waals surface area contributed by atoms with Crippen LogP contribution in [-0.4, -0.2) is 10.5 Å². The highest BCUT2D eigenvalue weighted by atomic mass is 32.1. The van der Waals surface area contributed by atoms with E-state index in [0.717, 1.165) is 6.42 Å². The van der Waals surface area contributed by atoms with Gasteiger partial charge in [-0.25, -0.2) is 9.18 Å². The van der Waals surface area contributed by atoms with Crippen LogP contribution in [0.2, 0.25) is 0 Å². The average Bonchev–Trinajstić information content (AvgIpc) is 3.00. The van der Waals surface area contributed by atoms with E-state index in [1.165, 1.54) is 23.5 Å². The van der Waals surface area contributed by atoms with Crippen molar-refractivity contribution in [3.05, 3.63) is 75.1 Å². The summed E-state index contributed by atoms with van der Waals surface area (Å²) in [4.78, 5) is 29.3. The number of thiazole rings is 1. The number of hydrogen-bond acceptors (Lipinski definition) is 4. The van der Waals surface area contributed by atoms with Crippen LogP contribution in [0, 0.1) is 5.82 Å². The molecule has 2 aromatic heterocycles. The van der Waals surface area contributed by atoms with Crippen LogP contribution in [0.25, 0.3) is 21.2 Å². The zero-order valence-electron chi connectivity index (χ0n) is 14.4. The van der Waals surface area contributed by atoms with Crippen molar-refractivity contribution in [3.63, 3.8) is 0 Å². The van der Waals surface area contributed by atoms with Crippen LogP contribution in [-0.2, 0) is 6.54 Å². The highest BCUT2D eigenvalue weighted by Gasteiger charge is 2.15. The van der Waals surface area contributed by atoms with Gasteiger partial charge in [-0.15, -0.1) is 0 Å². The molecule has 0 spiro atoms. The fraction of sp³-hybridized carbons (Fsp3) is 0.150. The summed E-state index contributed by atoms with van der Waals surface area (Å²) < 4.78 is 21.9. The Morgan fingerprint density at radius 3 is 2.85 bits per heavy atom. The largest absolute Gasteiger partial charge is 0.422 e. The number of rotatable bonds is 3. The predicted molar refractivity (Wildman–Crippen MR) is 102 cm³/mol. The van der Waals surface area contributed by atoms with Crippen LogP contribution in [0.4, 0.5) is 4.39 Å². The van der Waals surface area contributed by atoms with E-state index < -0.39 is 11.5 Å². The minimum atomic E-state index is -0.739. The number of hydrogen-bond donors (Lipinski definition) is 0. The maximum Gasteiger partial charge on any atom is 0.349 e. The third-order valence-electron chi connectivity index (χ3n) is 4.17. The van der Waals surface area contributed by atoms with Gasteiger partial charge in [0, 0.05) is 11.9 Å². The van der Waals surface area contributed by atoms with Crippen molar-refractivity contribution in [1.29, 1.82) is 0 Å². The van der Waals surface area contributed by atoms with Crippen molar-refractivity contribution in [2.24, 2.45) is 4.99 Å². The maximum atomic E-state index is 14.3. The molecule has 0 saturated carbocycles. The number of fused-ring (bicyclic) bond motifs is 2. The van der Waals surface area contributed by atoms with E-state index in [-0.39, 0.29) is 11.4 Å². The molecule has 1 amide bonds. The van der Waals surface area contributed by atoms with Gasteiger partial charge in [0.05, 0.1) is 10.2 Å². The molecule has 0 N–H and O–H groups in total. The quantitative estimate of drug-likeness (QED) is 0.501. The van der Waals surface area contributed by atoms with Crippen molar-refractivity contribution in [2.75, 3.05) is 0 Å². The van der Waals surface area contributed by atoms with Crippen LogP contribution >= 0.6 is 11.3 Å². The lowest BCUT2D eigenvalue weighted by molar-refractivity contribution is 0.0994. The lowest BCUT2D eigenvalue weighted by atomic mass is 10.2. The minimum absolute atomic E-state index is 0.144. The Bertz CT molecular complexity index is 1300. The molecule has 0 saturated heterocycles. The van der Waals surface area contributed by atoms with E-state index in [1.54, 1.807) is 41.0 Å². The third kappa shape index (κ3) is 3.10. The molecule has 0 aliphatic rings. The number of carbonyl (C=O) groups excluding carboxylic acids is 1. The van der Waals surface area contributed by atoms with Crippen LogP contribution in [0.15, 0.2) is 62.7 Å². The second-order valence-electron chi connectivity index (χ2n) is 6.03. The van der Waals surface area contributed by atoms with Gasteiger partial charge in [0.25, 0.3) is 5.91 Å². The van der Waals surface area contributed by atoms with Gasteiger partial charge in [0.2, 0.25) is 0 Å². The van der Waals surface area contributed by atoms with E-state index in [2.05, 4.69) is 4.99 Å². The van der Waals surface area contributed by atoms with E-state index >= 15 is 0 Å². The first-order valence-electron chi connectivity index (χ1n) is 8.48. The summed E-state index contributed by atoms with van der Waals surface area (Å²) in [5.74, 6) is -1.07. The Hall–Kier alpha value is -3.06. The summed E-state index contributed by atoms with van der Waals surface area (Å²) in [6, 6.07) is 13.2. The normalized spacial score (nSPS) is 12.1. The van der Waals surface area contributed by atoms with Gasteiger partial charge in [-0.05, 0) is 30.7 Å². The second kappa shape index (κ2) is 6.92. The van der Waals surface area contributed by atoms with Gasteiger partial charge < -0.3 is 8.98 Å². The first-order valence-corrected chi connectivity index (χ1v) is 9.30. The number of aromatic nitrogens is 1. The molecule has 0 radical (unpaired) electrons. The molecule has 136 valence electrons.